The lowest BCUT2D eigenvalue weighted by Crippen LogP contribution is -2.47. The second kappa shape index (κ2) is 8.58. The molecule has 34 heavy (non-hydrogen) atoms. The Labute approximate surface area is 203 Å². The first-order chi connectivity index (χ1) is 16.8. The highest BCUT2D eigenvalue weighted by Crippen LogP contribution is 2.56. The van der Waals surface area contributed by atoms with Gasteiger partial charge in [0.1, 0.15) is 5.75 Å². The van der Waals surface area contributed by atoms with Crippen LogP contribution in [-0.2, 0) is 10.6 Å². The molecule has 2 aliphatic rings. The van der Waals surface area contributed by atoms with Crippen LogP contribution < -0.4 is 9.64 Å². The number of rotatable bonds is 4. The summed E-state index contributed by atoms with van der Waals surface area (Å²) in [4.78, 5) is 10.0. The number of ether oxygens (including phenoxy) is 1. The molecule has 4 aromatic rings. The summed E-state index contributed by atoms with van der Waals surface area (Å²) >= 11 is 1.88. The van der Waals surface area contributed by atoms with Gasteiger partial charge in [-0.15, -0.1) is 11.8 Å². The summed E-state index contributed by atoms with van der Waals surface area (Å²) in [6.45, 7) is 0. The van der Waals surface area contributed by atoms with E-state index in [9.17, 15) is 0 Å². The van der Waals surface area contributed by atoms with Gasteiger partial charge in [-0.3, -0.25) is 4.90 Å². The van der Waals surface area contributed by atoms with Crippen LogP contribution in [0.1, 0.15) is 28.4 Å². The third-order valence-corrected chi connectivity index (χ3v) is 7.76. The number of para-hydroxylation sites is 1. The summed E-state index contributed by atoms with van der Waals surface area (Å²) in [6.07, 6.45) is 0.725. The number of fused-ring (bicyclic) bond motifs is 3. The summed E-state index contributed by atoms with van der Waals surface area (Å²) in [5.41, 5.74) is 3.64. The van der Waals surface area contributed by atoms with Gasteiger partial charge >= 0.3 is 0 Å². The molecule has 0 unspecified atom stereocenters. The van der Waals surface area contributed by atoms with Crippen molar-refractivity contribution in [1.29, 1.82) is 0 Å². The fourth-order valence-corrected chi connectivity index (χ4v) is 6.12. The summed E-state index contributed by atoms with van der Waals surface area (Å²) in [7, 11) is 1.69. The maximum Gasteiger partial charge on any atom is 0.242 e. The van der Waals surface area contributed by atoms with Gasteiger partial charge in [0.15, 0.2) is 5.84 Å². The topological polar surface area (TPSA) is 34.1 Å². The van der Waals surface area contributed by atoms with Gasteiger partial charge in [-0.2, -0.15) is 0 Å². The number of oxime groups is 1. The van der Waals surface area contributed by atoms with Crippen LogP contribution in [0.25, 0.3) is 0 Å². The highest BCUT2D eigenvalue weighted by atomic mass is 32.2. The van der Waals surface area contributed by atoms with Crippen molar-refractivity contribution < 1.29 is 9.57 Å². The Morgan fingerprint density at radius 3 is 2.26 bits per heavy atom. The minimum Gasteiger partial charge on any atom is -0.497 e. The van der Waals surface area contributed by atoms with Gasteiger partial charge in [0.2, 0.25) is 5.72 Å². The molecule has 0 radical (unpaired) electrons. The molecule has 0 saturated heterocycles. The molecule has 0 bridgehead atoms. The molecule has 2 heterocycles. The highest BCUT2D eigenvalue weighted by molar-refractivity contribution is 7.99. The Balaban J connectivity index is 1.57. The number of methoxy groups -OCH3 is 1. The quantitative estimate of drug-likeness (QED) is 0.326. The number of nitrogens with zero attached hydrogens (tertiary/aromatic N) is 2. The number of benzene rings is 4. The van der Waals surface area contributed by atoms with Gasteiger partial charge in [-0.25, -0.2) is 0 Å². The van der Waals surface area contributed by atoms with E-state index in [-0.39, 0.29) is 5.25 Å². The van der Waals surface area contributed by atoms with E-state index in [0.29, 0.717) is 0 Å². The molecule has 6 rings (SSSR count). The minimum absolute atomic E-state index is 0.180. The van der Waals surface area contributed by atoms with E-state index in [4.69, 9.17) is 14.7 Å². The van der Waals surface area contributed by atoms with Crippen molar-refractivity contribution in [3.05, 3.63) is 126 Å². The van der Waals surface area contributed by atoms with Crippen molar-refractivity contribution in [2.45, 2.75) is 22.3 Å². The summed E-state index contributed by atoms with van der Waals surface area (Å²) < 4.78 is 5.44. The van der Waals surface area contributed by atoms with Crippen LogP contribution in [0.5, 0.6) is 5.75 Å². The Kier molecular flexibility index (Phi) is 5.27. The lowest BCUT2D eigenvalue weighted by molar-refractivity contribution is -0.0283. The average molecular weight is 465 g/mol. The van der Waals surface area contributed by atoms with Crippen LogP contribution in [0.4, 0.5) is 5.69 Å². The molecular formula is C29H24N2O2S. The third-order valence-electron chi connectivity index (χ3n) is 6.44. The molecule has 4 aromatic carbocycles. The molecule has 168 valence electrons. The predicted molar refractivity (Wildman–Crippen MR) is 137 cm³/mol. The molecule has 0 saturated carbocycles. The van der Waals surface area contributed by atoms with Gasteiger partial charge in [0.25, 0.3) is 0 Å². The summed E-state index contributed by atoms with van der Waals surface area (Å²) in [5, 5.41) is 4.89. The van der Waals surface area contributed by atoms with Crippen molar-refractivity contribution in [2.75, 3.05) is 12.0 Å². The van der Waals surface area contributed by atoms with Gasteiger partial charge < -0.3 is 9.57 Å². The van der Waals surface area contributed by atoms with E-state index in [1.54, 1.807) is 7.11 Å². The molecule has 4 nitrogen and oxygen atoms in total. The van der Waals surface area contributed by atoms with Crippen LogP contribution in [0, 0.1) is 0 Å². The van der Waals surface area contributed by atoms with Crippen LogP contribution in [0.2, 0.25) is 0 Å². The number of thioether (sulfide) groups is 1. The van der Waals surface area contributed by atoms with Gasteiger partial charge in [-0.1, -0.05) is 78.0 Å². The van der Waals surface area contributed by atoms with E-state index in [2.05, 4.69) is 83.8 Å². The van der Waals surface area contributed by atoms with Crippen LogP contribution >= 0.6 is 11.8 Å². The molecular weight excluding hydrogens is 440 g/mol. The number of anilines is 1. The summed E-state index contributed by atoms with van der Waals surface area (Å²) in [6, 6.07) is 37.7. The largest absolute Gasteiger partial charge is 0.497 e. The molecule has 0 N–H and O–H groups in total. The Hall–Kier alpha value is -3.70. The summed E-state index contributed by atoms with van der Waals surface area (Å²) in [5.74, 6) is 1.63. The molecule has 2 atom stereocenters. The second-order valence-corrected chi connectivity index (χ2v) is 9.65. The van der Waals surface area contributed by atoms with E-state index in [1.807, 2.05) is 42.1 Å². The first-order valence-electron chi connectivity index (χ1n) is 11.4. The highest BCUT2D eigenvalue weighted by Gasteiger charge is 2.52. The zero-order chi connectivity index (χ0) is 23.0. The normalized spacial score (nSPS) is 21.0. The first kappa shape index (κ1) is 20.9. The number of amidine groups is 1. The van der Waals surface area contributed by atoms with E-state index >= 15 is 0 Å². The molecule has 0 fully saturated rings. The van der Waals surface area contributed by atoms with Crippen molar-refractivity contribution in [2.24, 2.45) is 5.16 Å². The average Bonchev–Trinajstić information content (AvgIpc) is 3.22. The third kappa shape index (κ3) is 3.44. The predicted octanol–water partition coefficient (Wildman–Crippen LogP) is 6.98. The van der Waals surface area contributed by atoms with Gasteiger partial charge in [-0.05, 0) is 42.0 Å². The van der Waals surface area contributed by atoms with E-state index in [1.165, 1.54) is 10.5 Å². The standard InChI is InChI=1S/C29H24N2O2S/c1-32-24-18-16-23(17-19-24)29-20-27(21-10-4-2-5-11-21)34-26-15-9-8-14-25(26)31(29)28(30-33-29)22-12-6-3-7-13-22/h2-19,27H,20H2,1H3/t27-,29-/m1/s1. The van der Waals surface area contributed by atoms with Crippen molar-refractivity contribution in [3.63, 3.8) is 0 Å². The second-order valence-electron chi connectivity index (χ2n) is 8.41. The van der Waals surface area contributed by atoms with Crippen molar-refractivity contribution in [3.8, 4) is 5.75 Å². The smallest absolute Gasteiger partial charge is 0.242 e. The first-order valence-corrected chi connectivity index (χ1v) is 12.2. The zero-order valence-corrected chi connectivity index (χ0v) is 19.6. The lowest BCUT2D eigenvalue weighted by atomic mass is 9.92. The molecule has 0 spiro atoms. The zero-order valence-electron chi connectivity index (χ0n) is 18.8. The maximum atomic E-state index is 6.52. The monoisotopic (exact) mass is 464 g/mol. The van der Waals surface area contributed by atoms with Crippen molar-refractivity contribution >= 4 is 23.3 Å². The Morgan fingerprint density at radius 2 is 1.53 bits per heavy atom. The molecule has 2 aliphatic heterocycles. The maximum absolute atomic E-state index is 6.52. The SMILES string of the molecule is COc1ccc([C@]23C[C@H](c4ccccc4)Sc4ccccc4N2C(c2ccccc2)=NO3)cc1. The van der Waals surface area contributed by atoms with E-state index < -0.39 is 5.72 Å². The van der Waals surface area contributed by atoms with Gasteiger partial charge in [0, 0.05) is 27.7 Å². The molecule has 0 amide bonds. The Morgan fingerprint density at radius 1 is 0.853 bits per heavy atom. The number of hydrogen-bond acceptors (Lipinski definition) is 5. The minimum atomic E-state index is -0.794. The van der Waals surface area contributed by atoms with Crippen LogP contribution in [0.15, 0.2) is 119 Å². The van der Waals surface area contributed by atoms with E-state index in [0.717, 1.165) is 34.8 Å². The molecule has 0 aromatic heterocycles. The number of hydrogen-bond donors (Lipinski definition) is 0. The fourth-order valence-electron chi connectivity index (χ4n) is 4.77. The fraction of sp³-hybridized carbons (Fsp3) is 0.138. The molecule has 0 aliphatic carbocycles. The van der Waals surface area contributed by atoms with Crippen LogP contribution in [0.3, 0.4) is 0 Å². The Bertz CT molecular complexity index is 1330. The molecule has 5 heteroatoms. The van der Waals surface area contributed by atoms with Gasteiger partial charge in [0.05, 0.1) is 12.8 Å². The lowest BCUT2D eigenvalue weighted by Gasteiger charge is -2.38. The van der Waals surface area contributed by atoms with Crippen molar-refractivity contribution in [1.82, 2.24) is 0 Å². The van der Waals surface area contributed by atoms with Crippen LogP contribution in [-0.4, -0.2) is 12.9 Å².